The minimum atomic E-state index is -0.706. The molecule has 0 aliphatic heterocycles. The SMILES string of the molecule is CC.CCc1ccc(OCCCCCCC(=O)O)cc1. The molecular formula is C17H28O3. The lowest BCUT2D eigenvalue weighted by atomic mass is 10.1. The van der Waals surface area contributed by atoms with Crippen LogP contribution in [0.15, 0.2) is 24.3 Å². The molecule has 0 bridgehead atoms. The molecule has 0 aromatic heterocycles. The molecule has 1 aromatic carbocycles. The minimum absolute atomic E-state index is 0.277. The van der Waals surface area contributed by atoms with Crippen molar-refractivity contribution in [2.75, 3.05) is 6.61 Å². The van der Waals surface area contributed by atoms with Crippen LogP contribution in [0.3, 0.4) is 0 Å². The zero-order chi connectivity index (χ0) is 15.2. The molecule has 0 aliphatic carbocycles. The average molecular weight is 280 g/mol. The molecule has 0 atom stereocenters. The van der Waals surface area contributed by atoms with Crippen LogP contribution in [0.5, 0.6) is 5.75 Å². The van der Waals surface area contributed by atoms with Crippen molar-refractivity contribution in [3.63, 3.8) is 0 Å². The summed E-state index contributed by atoms with van der Waals surface area (Å²) in [6, 6.07) is 8.18. The fourth-order valence-electron chi connectivity index (χ4n) is 1.74. The molecule has 0 heterocycles. The summed E-state index contributed by atoms with van der Waals surface area (Å²) in [6.07, 6.45) is 5.06. The Morgan fingerprint density at radius 1 is 1.05 bits per heavy atom. The van der Waals surface area contributed by atoms with Crippen molar-refractivity contribution < 1.29 is 14.6 Å². The third-order valence-corrected chi connectivity index (χ3v) is 2.89. The van der Waals surface area contributed by atoms with E-state index in [1.54, 1.807) is 0 Å². The standard InChI is InChI=1S/C15H22O3.C2H6/c1-2-13-8-10-14(11-9-13)18-12-6-4-3-5-7-15(16)17;1-2/h8-11H,2-7,12H2,1H3,(H,16,17);1-2H3. The lowest BCUT2D eigenvalue weighted by Gasteiger charge is -2.06. The van der Waals surface area contributed by atoms with E-state index in [1.165, 1.54) is 5.56 Å². The predicted molar refractivity (Wildman–Crippen MR) is 83.4 cm³/mol. The number of benzene rings is 1. The smallest absolute Gasteiger partial charge is 0.303 e. The van der Waals surface area contributed by atoms with Gasteiger partial charge in [0.1, 0.15) is 5.75 Å². The van der Waals surface area contributed by atoms with Gasteiger partial charge in [-0.1, -0.05) is 45.7 Å². The summed E-state index contributed by atoms with van der Waals surface area (Å²) < 4.78 is 5.62. The fraction of sp³-hybridized carbons (Fsp3) is 0.588. The highest BCUT2D eigenvalue weighted by atomic mass is 16.5. The largest absolute Gasteiger partial charge is 0.494 e. The lowest BCUT2D eigenvalue weighted by molar-refractivity contribution is -0.137. The Morgan fingerprint density at radius 3 is 2.20 bits per heavy atom. The van der Waals surface area contributed by atoms with Crippen LogP contribution in [-0.2, 0) is 11.2 Å². The molecule has 1 rings (SSSR count). The minimum Gasteiger partial charge on any atom is -0.494 e. The second kappa shape index (κ2) is 12.5. The van der Waals surface area contributed by atoms with E-state index in [2.05, 4.69) is 19.1 Å². The van der Waals surface area contributed by atoms with Gasteiger partial charge in [0.25, 0.3) is 0 Å². The van der Waals surface area contributed by atoms with Crippen LogP contribution < -0.4 is 4.74 Å². The molecule has 0 spiro atoms. The topological polar surface area (TPSA) is 46.5 Å². The summed E-state index contributed by atoms with van der Waals surface area (Å²) >= 11 is 0. The molecule has 3 nitrogen and oxygen atoms in total. The third-order valence-electron chi connectivity index (χ3n) is 2.89. The number of carboxylic acids is 1. The quantitative estimate of drug-likeness (QED) is 0.667. The highest BCUT2D eigenvalue weighted by Gasteiger charge is 1.97. The summed E-state index contributed by atoms with van der Waals surface area (Å²) in [6.45, 7) is 6.84. The first kappa shape index (κ1) is 18.5. The predicted octanol–water partition coefficient (Wildman–Crippen LogP) is 4.69. The second-order valence-electron chi connectivity index (χ2n) is 4.40. The van der Waals surface area contributed by atoms with E-state index in [-0.39, 0.29) is 6.42 Å². The number of ether oxygens (including phenoxy) is 1. The van der Waals surface area contributed by atoms with Gasteiger partial charge >= 0.3 is 5.97 Å². The number of aryl methyl sites for hydroxylation is 1. The first-order valence-corrected chi connectivity index (χ1v) is 7.66. The fourth-order valence-corrected chi connectivity index (χ4v) is 1.74. The molecule has 0 fully saturated rings. The van der Waals surface area contributed by atoms with Crippen molar-refractivity contribution in [1.29, 1.82) is 0 Å². The van der Waals surface area contributed by atoms with Gasteiger partial charge in [-0.15, -0.1) is 0 Å². The van der Waals surface area contributed by atoms with Gasteiger partial charge in [-0.05, 0) is 37.0 Å². The highest BCUT2D eigenvalue weighted by Crippen LogP contribution is 2.13. The van der Waals surface area contributed by atoms with Gasteiger partial charge in [0.2, 0.25) is 0 Å². The lowest BCUT2D eigenvalue weighted by Crippen LogP contribution is -1.98. The van der Waals surface area contributed by atoms with Crippen LogP contribution in [0.1, 0.15) is 58.4 Å². The van der Waals surface area contributed by atoms with Crippen LogP contribution in [0.4, 0.5) is 0 Å². The maximum absolute atomic E-state index is 10.3. The van der Waals surface area contributed by atoms with Gasteiger partial charge in [-0.3, -0.25) is 4.79 Å². The van der Waals surface area contributed by atoms with Crippen LogP contribution in [0, 0.1) is 0 Å². The zero-order valence-corrected chi connectivity index (χ0v) is 13.0. The maximum atomic E-state index is 10.3. The van der Waals surface area contributed by atoms with Gasteiger partial charge < -0.3 is 9.84 Å². The number of hydrogen-bond donors (Lipinski definition) is 1. The number of rotatable bonds is 9. The first-order chi connectivity index (χ1) is 9.72. The molecule has 114 valence electrons. The van der Waals surface area contributed by atoms with Crippen molar-refractivity contribution in [2.45, 2.75) is 59.3 Å². The van der Waals surface area contributed by atoms with Crippen molar-refractivity contribution in [1.82, 2.24) is 0 Å². The van der Waals surface area contributed by atoms with E-state index in [9.17, 15) is 4.79 Å². The van der Waals surface area contributed by atoms with Crippen LogP contribution in [-0.4, -0.2) is 17.7 Å². The Labute approximate surface area is 123 Å². The summed E-state index contributed by atoms with van der Waals surface area (Å²) in [7, 11) is 0. The van der Waals surface area contributed by atoms with E-state index < -0.39 is 5.97 Å². The molecule has 3 heteroatoms. The maximum Gasteiger partial charge on any atom is 0.303 e. The molecule has 1 aromatic rings. The summed E-state index contributed by atoms with van der Waals surface area (Å²) in [5, 5.41) is 8.48. The molecule has 0 saturated carbocycles. The van der Waals surface area contributed by atoms with Gasteiger partial charge in [-0.2, -0.15) is 0 Å². The monoisotopic (exact) mass is 280 g/mol. The molecule has 20 heavy (non-hydrogen) atoms. The Bertz CT molecular complexity index is 344. The van der Waals surface area contributed by atoms with E-state index >= 15 is 0 Å². The van der Waals surface area contributed by atoms with Gasteiger partial charge in [-0.25, -0.2) is 0 Å². The highest BCUT2D eigenvalue weighted by molar-refractivity contribution is 5.66. The Balaban J connectivity index is 0.00000172. The van der Waals surface area contributed by atoms with Gasteiger partial charge in [0, 0.05) is 6.42 Å². The van der Waals surface area contributed by atoms with Gasteiger partial charge in [0.15, 0.2) is 0 Å². The normalized spacial score (nSPS) is 9.55. The molecule has 0 unspecified atom stereocenters. The Morgan fingerprint density at radius 2 is 1.65 bits per heavy atom. The van der Waals surface area contributed by atoms with E-state index in [1.807, 2.05) is 26.0 Å². The van der Waals surface area contributed by atoms with E-state index in [0.717, 1.165) is 37.9 Å². The zero-order valence-electron chi connectivity index (χ0n) is 13.0. The van der Waals surface area contributed by atoms with Crippen LogP contribution >= 0.6 is 0 Å². The second-order valence-corrected chi connectivity index (χ2v) is 4.40. The van der Waals surface area contributed by atoms with E-state index in [0.29, 0.717) is 6.61 Å². The number of aliphatic carboxylic acids is 1. The summed E-state index contributed by atoms with van der Waals surface area (Å²) in [4.78, 5) is 10.3. The molecule has 1 N–H and O–H groups in total. The van der Waals surface area contributed by atoms with Gasteiger partial charge in [0.05, 0.1) is 6.61 Å². The third kappa shape index (κ3) is 9.42. The number of unbranched alkanes of at least 4 members (excludes halogenated alkanes) is 3. The van der Waals surface area contributed by atoms with Crippen LogP contribution in [0.2, 0.25) is 0 Å². The molecule has 0 amide bonds. The molecule has 0 aliphatic rings. The molecule has 0 saturated heterocycles. The molecule has 0 radical (unpaired) electrons. The summed E-state index contributed by atoms with van der Waals surface area (Å²) in [5.41, 5.74) is 1.32. The van der Waals surface area contributed by atoms with E-state index in [4.69, 9.17) is 9.84 Å². The van der Waals surface area contributed by atoms with Crippen molar-refractivity contribution in [3.8, 4) is 5.75 Å². The van der Waals surface area contributed by atoms with Crippen molar-refractivity contribution in [3.05, 3.63) is 29.8 Å². The number of carbonyl (C=O) groups is 1. The number of hydrogen-bond acceptors (Lipinski definition) is 2. The Kier molecular flexibility index (Phi) is 11.6. The number of carboxylic acid groups (broad SMARTS) is 1. The van der Waals surface area contributed by atoms with Crippen LogP contribution in [0.25, 0.3) is 0 Å². The molecular weight excluding hydrogens is 252 g/mol. The van der Waals surface area contributed by atoms with Crippen molar-refractivity contribution >= 4 is 5.97 Å². The summed E-state index contributed by atoms with van der Waals surface area (Å²) in [5.74, 6) is 0.208. The van der Waals surface area contributed by atoms with Crippen molar-refractivity contribution in [2.24, 2.45) is 0 Å². The average Bonchev–Trinajstić information content (AvgIpc) is 2.48. The Hall–Kier alpha value is -1.51. The first-order valence-electron chi connectivity index (χ1n) is 7.66.